The van der Waals surface area contributed by atoms with Crippen LogP contribution in [0.3, 0.4) is 0 Å². The van der Waals surface area contributed by atoms with E-state index in [1.807, 2.05) is 53.1 Å². The minimum absolute atomic E-state index is 0.0588. The smallest absolute Gasteiger partial charge is 0.256 e. The molecular weight excluding hydrogens is 338 g/mol. The van der Waals surface area contributed by atoms with Crippen LogP contribution in [-0.2, 0) is 5.41 Å². The van der Waals surface area contributed by atoms with Crippen LogP contribution in [0.15, 0.2) is 71.8 Å². The van der Waals surface area contributed by atoms with E-state index in [9.17, 15) is 4.79 Å². The van der Waals surface area contributed by atoms with E-state index in [1.165, 1.54) is 5.56 Å². The second kappa shape index (κ2) is 6.43. The highest BCUT2D eigenvalue weighted by Crippen LogP contribution is 2.23. The van der Waals surface area contributed by atoms with Crippen LogP contribution in [0.5, 0.6) is 0 Å². The van der Waals surface area contributed by atoms with Crippen LogP contribution in [0.25, 0.3) is 16.8 Å². The predicted octanol–water partition coefficient (Wildman–Crippen LogP) is 5.14. The van der Waals surface area contributed by atoms with Crippen LogP contribution in [-0.4, -0.2) is 15.3 Å². The second-order valence-electron chi connectivity index (χ2n) is 7.60. The van der Waals surface area contributed by atoms with Gasteiger partial charge in [-0.05, 0) is 41.3 Å². The second-order valence-corrected chi connectivity index (χ2v) is 7.60. The summed E-state index contributed by atoms with van der Waals surface area (Å²) >= 11 is 0. The number of carbonyl (C=O) groups is 1. The lowest BCUT2D eigenvalue weighted by Gasteiger charge is -2.18. The molecule has 0 unspecified atom stereocenters. The number of hydrogen-bond acceptors (Lipinski definition) is 3. The summed E-state index contributed by atoms with van der Waals surface area (Å²) in [5.74, 6) is 0.346. The summed E-state index contributed by atoms with van der Waals surface area (Å²) in [5.41, 5.74) is 4.64. The fraction of sp³-hybridized carbons (Fsp3) is 0.182. The summed E-state index contributed by atoms with van der Waals surface area (Å²) in [6.45, 7) is 6.45. The Balaban J connectivity index is 1.55. The molecular formula is C22H21N3O2. The summed E-state index contributed by atoms with van der Waals surface area (Å²) < 4.78 is 7.02. The Bertz CT molecular complexity index is 1090. The number of imidazole rings is 1. The van der Waals surface area contributed by atoms with E-state index >= 15 is 0 Å². The third kappa shape index (κ3) is 3.49. The lowest BCUT2D eigenvalue weighted by Crippen LogP contribution is -2.14. The fourth-order valence-electron chi connectivity index (χ4n) is 2.96. The predicted molar refractivity (Wildman–Crippen MR) is 106 cm³/mol. The van der Waals surface area contributed by atoms with Gasteiger partial charge in [0.15, 0.2) is 5.82 Å². The zero-order valence-corrected chi connectivity index (χ0v) is 15.6. The maximum absolute atomic E-state index is 12.5. The Morgan fingerprint density at radius 2 is 1.78 bits per heavy atom. The SMILES string of the molecule is CC(C)(C)c1ccc(C(=O)Nc2cn3cc(-c4ccoc4)ccc3n2)cc1. The van der Waals surface area contributed by atoms with Crippen LogP contribution >= 0.6 is 0 Å². The van der Waals surface area contributed by atoms with Crippen LogP contribution < -0.4 is 5.32 Å². The quantitative estimate of drug-likeness (QED) is 0.551. The van der Waals surface area contributed by atoms with Gasteiger partial charge in [-0.15, -0.1) is 0 Å². The molecule has 27 heavy (non-hydrogen) atoms. The molecule has 0 spiro atoms. The highest BCUT2D eigenvalue weighted by atomic mass is 16.3. The van der Waals surface area contributed by atoms with E-state index in [0.29, 0.717) is 11.4 Å². The number of hydrogen-bond donors (Lipinski definition) is 1. The van der Waals surface area contributed by atoms with Crippen molar-refractivity contribution in [1.29, 1.82) is 0 Å². The molecule has 0 saturated carbocycles. The first kappa shape index (κ1) is 17.1. The van der Waals surface area contributed by atoms with Crippen molar-refractivity contribution >= 4 is 17.4 Å². The number of rotatable bonds is 3. The molecule has 0 aliphatic heterocycles. The Labute approximate surface area is 157 Å². The maximum atomic E-state index is 12.5. The van der Waals surface area contributed by atoms with Gasteiger partial charge in [-0.25, -0.2) is 4.98 Å². The normalized spacial score (nSPS) is 11.7. The summed E-state index contributed by atoms with van der Waals surface area (Å²) in [4.78, 5) is 17.0. The third-order valence-electron chi connectivity index (χ3n) is 4.56. The van der Waals surface area contributed by atoms with Crippen LogP contribution in [0.2, 0.25) is 0 Å². The van der Waals surface area contributed by atoms with E-state index in [0.717, 1.165) is 16.8 Å². The molecule has 0 aliphatic rings. The number of anilines is 1. The van der Waals surface area contributed by atoms with E-state index in [4.69, 9.17) is 4.42 Å². The molecule has 136 valence electrons. The van der Waals surface area contributed by atoms with Gasteiger partial charge in [-0.3, -0.25) is 4.79 Å². The maximum Gasteiger partial charge on any atom is 0.256 e. The van der Waals surface area contributed by atoms with Crippen LogP contribution in [0.4, 0.5) is 5.82 Å². The van der Waals surface area contributed by atoms with Crippen LogP contribution in [0.1, 0.15) is 36.7 Å². The molecule has 4 aromatic rings. The van der Waals surface area contributed by atoms with E-state index in [-0.39, 0.29) is 11.3 Å². The molecule has 0 aliphatic carbocycles. The minimum Gasteiger partial charge on any atom is -0.472 e. The van der Waals surface area contributed by atoms with Crippen molar-refractivity contribution < 1.29 is 9.21 Å². The van der Waals surface area contributed by atoms with Gasteiger partial charge >= 0.3 is 0 Å². The minimum atomic E-state index is -0.172. The largest absolute Gasteiger partial charge is 0.472 e. The molecule has 3 aromatic heterocycles. The number of carbonyl (C=O) groups excluding carboxylic acids is 1. The summed E-state index contributed by atoms with van der Waals surface area (Å²) in [5, 5.41) is 2.87. The number of furan rings is 1. The van der Waals surface area contributed by atoms with Gasteiger partial charge in [-0.2, -0.15) is 0 Å². The summed E-state index contributed by atoms with van der Waals surface area (Å²) in [6, 6.07) is 13.5. The third-order valence-corrected chi connectivity index (χ3v) is 4.56. The Hall–Kier alpha value is -3.34. The number of aromatic nitrogens is 2. The number of fused-ring (bicyclic) bond motifs is 1. The number of amides is 1. The van der Waals surface area contributed by atoms with E-state index < -0.39 is 0 Å². The molecule has 0 saturated heterocycles. The summed E-state index contributed by atoms with van der Waals surface area (Å²) in [6.07, 6.45) is 7.10. The molecule has 3 heterocycles. The zero-order chi connectivity index (χ0) is 19.0. The van der Waals surface area contributed by atoms with Crippen molar-refractivity contribution in [3.8, 4) is 11.1 Å². The molecule has 0 radical (unpaired) electrons. The van der Waals surface area contributed by atoms with Gasteiger partial charge in [0.05, 0.1) is 18.7 Å². The Morgan fingerprint density at radius 1 is 1.00 bits per heavy atom. The monoisotopic (exact) mass is 359 g/mol. The molecule has 1 amide bonds. The molecule has 0 atom stereocenters. The van der Waals surface area contributed by atoms with Gasteiger partial charge in [-0.1, -0.05) is 32.9 Å². The summed E-state index contributed by atoms with van der Waals surface area (Å²) in [7, 11) is 0. The Morgan fingerprint density at radius 3 is 2.44 bits per heavy atom. The van der Waals surface area contributed by atoms with Crippen LogP contribution in [0, 0.1) is 0 Å². The highest BCUT2D eigenvalue weighted by Gasteiger charge is 2.15. The first-order valence-electron chi connectivity index (χ1n) is 8.83. The van der Waals surface area contributed by atoms with Crippen molar-refractivity contribution in [2.45, 2.75) is 26.2 Å². The van der Waals surface area contributed by atoms with E-state index in [1.54, 1.807) is 18.7 Å². The van der Waals surface area contributed by atoms with Crippen molar-refractivity contribution in [3.63, 3.8) is 0 Å². The lowest BCUT2D eigenvalue weighted by molar-refractivity contribution is 0.102. The molecule has 4 rings (SSSR count). The number of pyridine rings is 1. The first-order valence-corrected chi connectivity index (χ1v) is 8.83. The average molecular weight is 359 g/mol. The number of benzene rings is 1. The fourth-order valence-corrected chi connectivity index (χ4v) is 2.96. The Kier molecular flexibility index (Phi) is 4.07. The standard InChI is InChI=1S/C22H21N3O2/c1-22(2,3)18-7-4-15(5-8-18)21(26)24-19-13-25-12-16(6-9-20(25)23-19)17-10-11-27-14-17/h4-14H,1-3H3,(H,24,26). The zero-order valence-electron chi connectivity index (χ0n) is 15.6. The van der Waals surface area contributed by atoms with Gasteiger partial charge in [0.25, 0.3) is 5.91 Å². The average Bonchev–Trinajstić information content (AvgIpc) is 3.29. The van der Waals surface area contributed by atoms with Crippen molar-refractivity contribution in [2.75, 3.05) is 5.32 Å². The lowest BCUT2D eigenvalue weighted by atomic mass is 9.87. The van der Waals surface area contributed by atoms with Gasteiger partial charge in [0.2, 0.25) is 0 Å². The highest BCUT2D eigenvalue weighted by molar-refractivity contribution is 6.03. The van der Waals surface area contributed by atoms with Gasteiger partial charge in [0.1, 0.15) is 5.65 Å². The topological polar surface area (TPSA) is 59.5 Å². The molecule has 1 aromatic carbocycles. The number of nitrogens with zero attached hydrogens (tertiary/aromatic N) is 2. The van der Waals surface area contributed by atoms with Crippen molar-refractivity contribution in [3.05, 3.63) is 78.5 Å². The van der Waals surface area contributed by atoms with E-state index in [2.05, 4.69) is 31.1 Å². The van der Waals surface area contributed by atoms with Crippen molar-refractivity contribution in [1.82, 2.24) is 9.38 Å². The number of nitrogens with one attached hydrogen (secondary N) is 1. The molecule has 0 fully saturated rings. The molecule has 0 bridgehead atoms. The molecule has 1 N–H and O–H groups in total. The molecule has 5 heteroatoms. The van der Waals surface area contributed by atoms with Crippen molar-refractivity contribution in [2.24, 2.45) is 0 Å². The van der Waals surface area contributed by atoms with Gasteiger partial charge < -0.3 is 14.1 Å². The first-order chi connectivity index (χ1) is 12.9. The van der Waals surface area contributed by atoms with Gasteiger partial charge in [0, 0.05) is 22.9 Å². The molecule has 5 nitrogen and oxygen atoms in total.